The molecule has 3 atom stereocenters. The average molecular weight is 550 g/mol. The largest absolute Gasteiger partial charge is 0.433 e. The molecule has 0 bridgehead atoms. The minimum Gasteiger partial charge on any atom is -0.433 e. The number of benzene rings is 1. The van der Waals surface area contributed by atoms with E-state index in [1.54, 1.807) is 12.4 Å². The fourth-order valence-corrected chi connectivity index (χ4v) is 5.94. The second kappa shape index (κ2) is 11.0. The fourth-order valence-electron chi connectivity index (χ4n) is 5.94. The molecule has 2 aromatic heterocycles. The van der Waals surface area contributed by atoms with Crippen molar-refractivity contribution in [2.24, 2.45) is 0 Å². The predicted molar refractivity (Wildman–Crippen MR) is 152 cm³/mol. The van der Waals surface area contributed by atoms with Gasteiger partial charge >= 0.3 is 0 Å². The number of morpholine rings is 1. The van der Waals surface area contributed by atoms with Crippen LogP contribution in [-0.2, 0) is 15.1 Å². The van der Waals surface area contributed by atoms with Crippen LogP contribution in [0.2, 0.25) is 0 Å². The van der Waals surface area contributed by atoms with E-state index >= 15 is 0 Å². The molecule has 3 aliphatic heterocycles. The van der Waals surface area contributed by atoms with Gasteiger partial charge in [-0.05, 0) is 70.6 Å². The number of nitrogens with two attached hydrogens (primary N) is 1. The SMILES string of the molecule is CC1COCCN1c1cc(-c2cnc(N)c(Oc3cnn(C4CCN(C)CC4)c3)n2)cc([C@@]2(O)CCO[C@@H]2C)c1. The van der Waals surface area contributed by atoms with Crippen LogP contribution in [0.3, 0.4) is 0 Å². The van der Waals surface area contributed by atoms with Crippen molar-refractivity contribution in [3.8, 4) is 22.9 Å². The first-order valence-electron chi connectivity index (χ1n) is 14.2. The molecule has 0 aliphatic carbocycles. The Hall–Kier alpha value is -3.25. The molecule has 3 saturated heterocycles. The first kappa shape index (κ1) is 26.9. The van der Waals surface area contributed by atoms with Crippen molar-refractivity contribution in [3.05, 3.63) is 42.4 Å². The average Bonchev–Trinajstić information content (AvgIpc) is 3.57. The first-order valence-corrected chi connectivity index (χ1v) is 14.2. The third kappa shape index (κ3) is 5.26. The Morgan fingerprint density at radius 1 is 1.10 bits per heavy atom. The molecule has 40 heavy (non-hydrogen) atoms. The highest BCUT2D eigenvalue weighted by Gasteiger charge is 2.42. The lowest BCUT2D eigenvalue weighted by molar-refractivity contribution is -0.0316. The standard InChI is InChI=1S/C29H39N7O4/c1-19-18-38-11-9-35(19)24-13-21(12-22(14-24)29(37)6-10-39-20(29)2)26-16-31-27(30)28(33-26)40-25-15-32-36(17-25)23-4-7-34(3)8-5-23/h12-17,19-20,23,37H,4-11,18H2,1-3H3,(H2,30,31)/t19?,20-,29-/m1/s1. The van der Waals surface area contributed by atoms with Crippen molar-refractivity contribution >= 4 is 11.5 Å². The van der Waals surface area contributed by atoms with Gasteiger partial charge in [-0.3, -0.25) is 4.68 Å². The van der Waals surface area contributed by atoms with Gasteiger partial charge in [0.25, 0.3) is 5.88 Å². The van der Waals surface area contributed by atoms with Crippen LogP contribution in [0.15, 0.2) is 36.8 Å². The number of hydrogen-bond donors (Lipinski definition) is 2. The topological polar surface area (TPSA) is 124 Å². The monoisotopic (exact) mass is 549 g/mol. The summed E-state index contributed by atoms with van der Waals surface area (Å²) in [5.74, 6) is 0.994. The van der Waals surface area contributed by atoms with Crippen molar-refractivity contribution in [1.82, 2.24) is 24.6 Å². The maximum atomic E-state index is 11.6. The van der Waals surface area contributed by atoms with E-state index in [9.17, 15) is 5.11 Å². The van der Waals surface area contributed by atoms with E-state index in [1.165, 1.54) is 0 Å². The first-order chi connectivity index (χ1) is 19.3. The zero-order valence-electron chi connectivity index (χ0n) is 23.5. The van der Waals surface area contributed by atoms with Crippen LogP contribution in [0.5, 0.6) is 11.6 Å². The summed E-state index contributed by atoms with van der Waals surface area (Å²) in [4.78, 5) is 13.8. The van der Waals surface area contributed by atoms with Gasteiger partial charge in [0.15, 0.2) is 11.6 Å². The molecule has 3 aliphatic rings. The minimum atomic E-state index is -1.09. The van der Waals surface area contributed by atoms with E-state index in [0.717, 1.165) is 49.3 Å². The van der Waals surface area contributed by atoms with Crippen LogP contribution in [0, 0.1) is 0 Å². The number of likely N-dealkylation sites (tertiary alicyclic amines) is 1. The van der Waals surface area contributed by atoms with Gasteiger partial charge in [-0.25, -0.2) is 9.97 Å². The van der Waals surface area contributed by atoms with Gasteiger partial charge in [0.1, 0.15) is 5.60 Å². The van der Waals surface area contributed by atoms with E-state index in [-0.39, 0.29) is 23.8 Å². The number of nitrogens with zero attached hydrogens (tertiary/aromatic N) is 6. The van der Waals surface area contributed by atoms with Crippen LogP contribution >= 0.6 is 0 Å². The molecule has 0 amide bonds. The summed E-state index contributed by atoms with van der Waals surface area (Å²) in [5.41, 5.74) is 8.32. The van der Waals surface area contributed by atoms with Crippen molar-refractivity contribution < 1.29 is 19.3 Å². The van der Waals surface area contributed by atoms with Gasteiger partial charge in [0.2, 0.25) is 0 Å². The summed E-state index contributed by atoms with van der Waals surface area (Å²) in [6.07, 6.45) is 7.54. The van der Waals surface area contributed by atoms with Gasteiger partial charge in [0, 0.05) is 30.3 Å². The number of hydrogen-bond acceptors (Lipinski definition) is 10. The molecular weight excluding hydrogens is 510 g/mol. The van der Waals surface area contributed by atoms with Crippen LogP contribution < -0.4 is 15.4 Å². The summed E-state index contributed by atoms with van der Waals surface area (Å²) in [6, 6.07) is 6.66. The number of piperidine rings is 1. The van der Waals surface area contributed by atoms with Crippen LogP contribution in [0.1, 0.15) is 44.7 Å². The molecular formula is C29H39N7O4. The van der Waals surface area contributed by atoms with Gasteiger partial charge in [-0.15, -0.1) is 0 Å². The summed E-state index contributed by atoms with van der Waals surface area (Å²) < 4.78 is 19.5. The Labute approximate surface area is 234 Å². The molecule has 214 valence electrons. The smallest absolute Gasteiger partial charge is 0.263 e. The number of rotatable bonds is 6. The third-order valence-electron chi connectivity index (χ3n) is 8.56. The summed E-state index contributed by atoms with van der Waals surface area (Å²) in [7, 11) is 2.14. The molecule has 1 unspecified atom stereocenters. The lowest BCUT2D eigenvalue weighted by Crippen LogP contribution is -2.44. The number of anilines is 2. The van der Waals surface area contributed by atoms with Gasteiger partial charge < -0.3 is 34.9 Å². The lowest BCUT2D eigenvalue weighted by Gasteiger charge is -2.36. The zero-order chi connectivity index (χ0) is 27.9. The summed E-state index contributed by atoms with van der Waals surface area (Å²) >= 11 is 0. The number of aromatic nitrogens is 4. The number of ether oxygens (including phenoxy) is 3. The molecule has 11 heteroatoms. The molecule has 5 heterocycles. The minimum absolute atomic E-state index is 0.196. The Morgan fingerprint density at radius 2 is 1.93 bits per heavy atom. The lowest BCUT2D eigenvalue weighted by atomic mass is 9.86. The van der Waals surface area contributed by atoms with E-state index < -0.39 is 5.60 Å². The summed E-state index contributed by atoms with van der Waals surface area (Å²) in [5, 5.41) is 16.2. The quantitative estimate of drug-likeness (QED) is 0.474. The molecule has 3 N–H and O–H groups in total. The van der Waals surface area contributed by atoms with Gasteiger partial charge in [-0.2, -0.15) is 5.10 Å². The van der Waals surface area contributed by atoms with E-state index in [0.29, 0.717) is 43.7 Å². The summed E-state index contributed by atoms with van der Waals surface area (Å²) in [6.45, 7) is 8.72. The van der Waals surface area contributed by atoms with Crippen LogP contribution in [0.4, 0.5) is 11.5 Å². The maximum Gasteiger partial charge on any atom is 0.263 e. The molecule has 11 nitrogen and oxygen atoms in total. The highest BCUT2D eigenvalue weighted by molar-refractivity contribution is 5.69. The van der Waals surface area contributed by atoms with Gasteiger partial charge in [0.05, 0.1) is 56.3 Å². The van der Waals surface area contributed by atoms with Crippen molar-refractivity contribution in [2.45, 2.75) is 56.9 Å². The molecule has 0 spiro atoms. The van der Waals surface area contributed by atoms with Gasteiger partial charge in [-0.1, -0.05) is 0 Å². The highest BCUT2D eigenvalue weighted by Crippen LogP contribution is 2.40. The number of aliphatic hydroxyl groups is 1. The Morgan fingerprint density at radius 3 is 2.67 bits per heavy atom. The highest BCUT2D eigenvalue weighted by atomic mass is 16.5. The van der Waals surface area contributed by atoms with Crippen LogP contribution in [-0.4, -0.2) is 88.4 Å². The molecule has 3 fully saturated rings. The molecule has 6 rings (SSSR count). The molecule has 3 aromatic rings. The van der Waals surface area contributed by atoms with E-state index in [2.05, 4.69) is 46.0 Å². The predicted octanol–water partition coefficient (Wildman–Crippen LogP) is 3.20. The van der Waals surface area contributed by atoms with Crippen molar-refractivity contribution in [2.75, 3.05) is 57.1 Å². The second-order valence-corrected chi connectivity index (χ2v) is 11.3. The van der Waals surface area contributed by atoms with E-state index in [4.69, 9.17) is 24.9 Å². The van der Waals surface area contributed by atoms with Crippen LogP contribution in [0.25, 0.3) is 11.3 Å². The Bertz CT molecular complexity index is 1340. The third-order valence-corrected chi connectivity index (χ3v) is 8.56. The molecule has 0 saturated carbocycles. The number of nitrogen functional groups attached to an aromatic ring is 1. The zero-order valence-corrected chi connectivity index (χ0v) is 23.5. The second-order valence-electron chi connectivity index (χ2n) is 11.3. The Balaban J connectivity index is 1.32. The maximum absolute atomic E-state index is 11.6. The fraction of sp³-hybridized carbons (Fsp3) is 0.552. The van der Waals surface area contributed by atoms with Crippen molar-refractivity contribution in [3.63, 3.8) is 0 Å². The van der Waals surface area contributed by atoms with Crippen molar-refractivity contribution in [1.29, 1.82) is 0 Å². The normalized spacial score (nSPS) is 26.4. The Kier molecular flexibility index (Phi) is 7.39. The molecule has 1 aromatic carbocycles. The molecule has 0 radical (unpaired) electrons. The van der Waals surface area contributed by atoms with E-state index in [1.807, 2.05) is 23.9 Å².